The highest BCUT2D eigenvalue weighted by molar-refractivity contribution is 5.97. The van der Waals surface area contributed by atoms with E-state index in [-0.39, 0.29) is 42.1 Å². The molecule has 178 valence electrons. The minimum atomic E-state index is -4.61. The number of amides is 2. The zero-order valence-electron chi connectivity index (χ0n) is 18.0. The molecule has 0 aliphatic carbocycles. The fraction of sp³-hybridized carbons (Fsp3) is 0.391. The van der Waals surface area contributed by atoms with Crippen molar-refractivity contribution in [3.63, 3.8) is 0 Å². The first-order valence-electron chi connectivity index (χ1n) is 10.9. The van der Waals surface area contributed by atoms with E-state index in [1.165, 1.54) is 0 Å². The van der Waals surface area contributed by atoms with E-state index in [4.69, 9.17) is 0 Å². The van der Waals surface area contributed by atoms with Crippen LogP contribution in [0.3, 0.4) is 0 Å². The number of carbonyl (C=O) groups is 2. The van der Waals surface area contributed by atoms with Crippen molar-refractivity contribution < 1.29 is 27.2 Å². The van der Waals surface area contributed by atoms with Crippen LogP contribution in [0.25, 0.3) is 11.0 Å². The number of fused-ring (bicyclic) bond motifs is 2. The number of carbonyl (C=O) groups excluding carboxylic acids is 2. The Labute approximate surface area is 191 Å². The molecule has 34 heavy (non-hydrogen) atoms. The van der Waals surface area contributed by atoms with Gasteiger partial charge in [0.1, 0.15) is 16.9 Å². The number of aryl methyl sites for hydroxylation is 1. The van der Waals surface area contributed by atoms with Gasteiger partial charge < -0.3 is 9.80 Å². The van der Waals surface area contributed by atoms with Crippen molar-refractivity contribution >= 4 is 22.8 Å². The van der Waals surface area contributed by atoms with Gasteiger partial charge in [-0.05, 0) is 42.3 Å². The van der Waals surface area contributed by atoms with Gasteiger partial charge in [-0.3, -0.25) is 9.59 Å². The van der Waals surface area contributed by atoms with Gasteiger partial charge >= 0.3 is 6.18 Å². The lowest BCUT2D eigenvalue weighted by molar-refractivity contribution is -0.137. The largest absolute Gasteiger partial charge is 0.416 e. The van der Waals surface area contributed by atoms with Crippen molar-refractivity contribution in [2.24, 2.45) is 11.8 Å². The molecule has 3 heterocycles. The van der Waals surface area contributed by atoms with E-state index < -0.39 is 17.6 Å². The summed E-state index contributed by atoms with van der Waals surface area (Å²) in [6.45, 7) is 2.09. The highest BCUT2D eigenvalue weighted by Crippen LogP contribution is 2.33. The third kappa shape index (κ3) is 4.22. The molecule has 0 radical (unpaired) electrons. The van der Waals surface area contributed by atoms with E-state index in [1.54, 1.807) is 28.0 Å². The number of nitrogens with one attached hydrogen (secondary N) is 1. The molecule has 2 amide bonds. The Kier molecular flexibility index (Phi) is 5.49. The first-order chi connectivity index (χ1) is 16.2. The monoisotopic (exact) mass is 475 g/mol. The molecule has 5 rings (SSSR count). The van der Waals surface area contributed by atoms with Crippen LogP contribution in [0.4, 0.5) is 17.6 Å². The summed E-state index contributed by atoms with van der Waals surface area (Å²) in [7, 11) is 0. The molecule has 2 aromatic carbocycles. The van der Waals surface area contributed by atoms with Crippen molar-refractivity contribution in [2.75, 3.05) is 26.2 Å². The fourth-order valence-electron chi connectivity index (χ4n) is 4.84. The molecule has 2 saturated heterocycles. The molecule has 2 fully saturated rings. The lowest BCUT2D eigenvalue weighted by Gasteiger charge is -2.22. The van der Waals surface area contributed by atoms with Gasteiger partial charge in [-0.25, -0.2) is 4.39 Å². The predicted molar refractivity (Wildman–Crippen MR) is 113 cm³/mol. The number of aromatic amines is 1. The van der Waals surface area contributed by atoms with Crippen LogP contribution in [0.15, 0.2) is 36.4 Å². The fourth-order valence-corrected chi connectivity index (χ4v) is 4.84. The minimum Gasteiger partial charge on any atom is -0.342 e. The van der Waals surface area contributed by atoms with E-state index in [0.29, 0.717) is 48.8 Å². The van der Waals surface area contributed by atoms with Crippen LogP contribution in [0.1, 0.15) is 27.9 Å². The van der Waals surface area contributed by atoms with E-state index in [9.17, 15) is 27.2 Å². The van der Waals surface area contributed by atoms with E-state index in [2.05, 4.69) is 15.4 Å². The third-order valence-corrected chi connectivity index (χ3v) is 6.68. The van der Waals surface area contributed by atoms with Crippen molar-refractivity contribution in [3.05, 3.63) is 58.9 Å². The van der Waals surface area contributed by atoms with Crippen LogP contribution in [-0.2, 0) is 17.4 Å². The normalized spacial score (nSPS) is 20.2. The highest BCUT2D eigenvalue weighted by atomic mass is 19.4. The Morgan fingerprint density at radius 1 is 0.941 bits per heavy atom. The first kappa shape index (κ1) is 22.3. The van der Waals surface area contributed by atoms with Gasteiger partial charge in [0.25, 0.3) is 5.91 Å². The van der Waals surface area contributed by atoms with Crippen LogP contribution in [0.5, 0.6) is 0 Å². The average molecular weight is 475 g/mol. The quantitative estimate of drug-likeness (QED) is 0.588. The topological polar surface area (TPSA) is 82.2 Å². The van der Waals surface area contributed by atoms with Crippen molar-refractivity contribution in [3.8, 4) is 0 Å². The maximum absolute atomic E-state index is 14.1. The molecule has 3 aromatic rings. The molecule has 2 aliphatic heterocycles. The van der Waals surface area contributed by atoms with Crippen LogP contribution in [0.2, 0.25) is 0 Å². The molecule has 1 aromatic heterocycles. The number of rotatable bonds is 4. The summed E-state index contributed by atoms with van der Waals surface area (Å²) in [5, 5.41) is 10.5. The first-order valence-corrected chi connectivity index (χ1v) is 10.9. The lowest BCUT2D eigenvalue weighted by Crippen LogP contribution is -2.35. The highest BCUT2D eigenvalue weighted by Gasteiger charge is 2.43. The van der Waals surface area contributed by atoms with Crippen LogP contribution in [0, 0.1) is 17.7 Å². The average Bonchev–Trinajstić information content (AvgIpc) is 3.51. The molecule has 1 N–H and O–H groups in total. The van der Waals surface area contributed by atoms with Crippen molar-refractivity contribution in [1.29, 1.82) is 0 Å². The lowest BCUT2D eigenvalue weighted by atomic mass is 10.0. The summed E-state index contributed by atoms with van der Waals surface area (Å²) < 4.78 is 52.1. The summed E-state index contributed by atoms with van der Waals surface area (Å²) in [4.78, 5) is 29.1. The summed E-state index contributed by atoms with van der Waals surface area (Å²) in [5.74, 6) is -0.894. The van der Waals surface area contributed by atoms with Crippen LogP contribution >= 0.6 is 0 Å². The second-order valence-electron chi connectivity index (χ2n) is 8.86. The summed E-state index contributed by atoms with van der Waals surface area (Å²) in [6.07, 6.45) is -4.56. The number of halogens is 4. The molecule has 2 atom stereocenters. The van der Waals surface area contributed by atoms with Gasteiger partial charge in [-0.15, -0.1) is 0 Å². The Morgan fingerprint density at radius 3 is 2.29 bits per heavy atom. The van der Waals surface area contributed by atoms with E-state index in [1.807, 2.05) is 0 Å². The summed E-state index contributed by atoms with van der Waals surface area (Å²) in [6, 6.07) is 7.54. The van der Waals surface area contributed by atoms with Gasteiger partial charge in [-0.2, -0.15) is 28.6 Å². The number of aromatic nitrogens is 3. The van der Waals surface area contributed by atoms with Crippen molar-refractivity contribution in [2.45, 2.75) is 19.0 Å². The second-order valence-corrected chi connectivity index (χ2v) is 8.86. The second kappa shape index (κ2) is 8.37. The molecule has 2 aliphatic rings. The standard InChI is InChI=1S/C23H21F4N5O2/c24-18-8-17(23(25,26)27)4-1-13(18)3-6-21(33)31-9-15-11-32(12-16(15)10-31)22(34)14-2-5-19-20(7-14)29-30-28-19/h1-2,4-5,7-8,15-16H,3,6,9-12H2,(H,28,29,30). The summed E-state index contributed by atoms with van der Waals surface area (Å²) >= 11 is 0. The predicted octanol–water partition coefficient (Wildman–Crippen LogP) is 3.28. The van der Waals surface area contributed by atoms with Crippen LogP contribution < -0.4 is 0 Å². The van der Waals surface area contributed by atoms with Gasteiger partial charge in [0.15, 0.2) is 0 Å². The molecule has 0 bridgehead atoms. The number of hydrogen-bond acceptors (Lipinski definition) is 4. The Balaban J connectivity index is 1.15. The number of likely N-dealkylation sites (tertiary alicyclic amines) is 2. The molecule has 11 heteroatoms. The number of alkyl halides is 3. The Bertz CT molecular complexity index is 1240. The SMILES string of the molecule is O=C(CCc1ccc(C(F)(F)F)cc1F)N1CC2CN(C(=O)c3ccc4n[nH]nc4c3)CC2C1. The summed E-state index contributed by atoms with van der Waals surface area (Å²) in [5.41, 5.74) is 0.869. The number of nitrogens with zero attached hydrogens (tertiary/aromatic N) is 4. The molecular weight excluding hydrogens is 454 g/mol. The van der Waals surface area contributed by atoms with E-state index in [0.717, 1.165) is 12.1 Å². The number of benzene rings is 2. The zero-order valence-corrected chi connectivity index (χ0v) is 18.0. The van der Waals surface area contributed by atoms with Gasteiger partial charge in [0.2, 0.25) is 5.91 Å². The molecule has 0 spiro atoms. The third-order valence-electron chi connectivity index (χ3n) is 6.68. The maximum atomic E-state index is 14.1. The molecule has 0 saturated carbocycles. The van der Waals surface area contributed by atoms with Gasteiger partial charge in [0, 0.05) is 50.0 Å². The number of hydrogen-bond donors (Lipinski definition) is 1. The molecular formula is C23H21F4N5O2. The molecule has 2 unspecified atom stereocenters. The van der Waals surface area contributed by atoms with Gasteiger partial charge in [-0.1, -0.05) is 6.07 Å². The Hall–Kier alpha value is -3.50. The molecule has 7 nitrogen and oxygen atoms in total. The number of H-pyrrole nitrogens is 1. The minimum absolute atomic E-state index is 0.0160. The Morgan fingerprint density at radius 2 is 1.62 bits per heavy atom. The zero-order chi connectivity index (χ0) is 24.0. The van der Waals surface area contributed by atoms with Gasteiger partial charge in [0.05, 0.1) is 5.56 Å². The van der Waals surface area contributed by atoms with Crippen molar-refractivity contribution in [1.82, 2.24) is 25.2 Å². The van der Waals surface area contributed by atoms with E-state index >= 15 is 0 Å². The smallest absolute Gasteiger partial charge is 0.342 e. The van der Waals surface area contributed by atoms with Crippen LogP contribution in [-0.4, -0.2) is 63.2 Å². The maximum Gasteiger partial charge on any atom is 0.416 e.